The molecule has 2 aromatic rings. The van der Waals surface area contributed by atoms with Crippen LogP contribution in [0.2, 0.25) is 0 Å². The number of benzene rings is 2. The molecule has 154 valence electrons. The molecule has 2 heteroatoms. The van der Waals surface area contributed by atoms with Gasteiger partial charge < -0.3 is 0 Å². The Morgan fingerprint density at radius 2 is 1.57 bits per heavy atom. The van der Waals surface area contributed by atoms with E-state index in [0.717, 1.165) is 12.2 Å². The van der Waals surface area contributed by atoms with Gasteiger partial charge in [-0.1, -0.05) is 106 Å². The first-order valence-electron chi connectivity index (χ1n) is 10.9. The highest BCUT2D eigenvalue weighted by molar-refractivity contribution is 8.19. The Bertz CT molecular complexity index is 1050. The summed E-state index contributed by atoms with van der Waals surface area (Å²) in [4.78, 5) is 2.70. The molecule has 0 saturated heterocycles. The van der Waals surface area contributed by atoms with Crippen LogP contribution >= 0.6 is 23.1 Å². The first-order valence-corrected chi connectivity index (χ1v) is 12.8. The molecule has 0 fully saturated rings. The fourth-order valence-corrected chi connectivity index (χ4v) is 7.47. The van der Waals surface area contributed by atoms with E-state index in [1.165, 1.54) is 32.0 Å². The van der Waals surface area contributed by atoms with Gasteiger partial charge in [0, 0.05) is 5.75 Å². The van der Waals surface area contributed by atoms with Gasteiger partial charge in [-0.25, -0.2) is 0 Å². The van der Waals surface area contributed by atoms with E-state index < -0.39 is 0 Å². The highest BCUT2D eigenvalue weighted by Gasteiger charge is 2.49. The molecule has 2 aromatic carbocycles. The van der Waals surface area contributed by atoms with Crippen molar-refractivity contribution in [3.63, 3.8) is 0 Å². The van der Waals surface area contributed by atoms with Crippen molar-refractivity contribution in [1.82, 2.24) is 0 Å². The number of fused-ring (bicyclic) bond motifs is 6. The van der Waals surface area contributed by atoms with Crippen molar-refractivity contribution in [3.8, 4) is 11.1 Å². The predicted molar refractivity (Wildman–Crippen MR) is 140 cm³/mol. The molecule has 2 atom stereocenters. The fraction of sp³-hybridized carbons (Fsp3) is 0.250. The van der Waals surface area contributed by atoms with Crippen molar-refractivity contribution in [2.75, 3.05) is 5.75 Å². The van der Waals surface area contributed by atoms with E-state index in [2.05, 4.69) is 97.3 Å². The molecule has 0 bridgehead atoms. The largest absolute Gasteiger partial charge is 0.154 e. The molecule has 0 nitrogen and oxygen atoms in total. The van der Waals surface area contributed by atoms with E-state index in [1.807, 2.05) is 13.8 Å². The van der Waals surface area contributed by atoms with Gasteiger partial charge in [0.25, 0.3) is 0 Å². The van der Waals surface area contributed by atoms with Gasteiger partial charge in [-0.3, -0.25) is 0 Å². The molecule has 0 saturated carbocycles. The van der Waals surface area contributed by atoms with Gasteiger partial charge in [0.2, 0.25) is 0 Å². The Balaban J connectivity index is 0.00000106. The Kier molecular flexibility index (Phi) is 6.36. The first kappa shape index (κ1) is 21.2. The monoisotopic (exact) mass is 430 g/mol. The summed E-state index contributed by atoms with van der Waals surface area (Å²) in [6, 6.07) is 18.1. The number of rotatable bonds is 0. The second-order valence-electron chi connectivity index (χ2n) is 7.66. The van der Waals surface area contributed by atoms with E-state index in [9.17, 15) is 0 Å². The van der Waals surface area contributed by atoms with E-state index >= 15 is 0 Å². The zero-order valence-electron chi connectivity index (χ0n) is 18.0. The molecule has 0 amide bonds. The van der Waals surface area contributed by atoms with Crippen LogP contribution in [0.1, 0.15) is 38.3 Å². The normalized spacial score (nSPS) is 25.9. The summed E-state index contributed by atoms with van der Waals surface area (Å²) in [5, 5.41) is 2.40. The van der Waals surface area contributed by atoms with E-state index in [-0.39, 0.29) is 15.9 Å². The smallest absolute Gasteiger partial charge is 0.0578 e. The summed E-state index contributed by atoms with van der Waals surface area (Å²) in [6.07, 6.45) is 14.8. The number of hydrogen-bond donors (Lipinski definition) is 1. The van der Waals surface area contributed by atoms with Gasteiger partial charge in [-0.05, 0) is 49.8 Å². The minimum atomic E-state index is -0.115. The highest BCUT2D eigenvalue weighted by Crippen LogP contribution is 2.56. The minimum absolute atomic E-state index is 0.0551. The summed E-state index contributed by atoms with van der Waals surface area (Å²) < 4.78 is 0. The average Bonchev–Trinajstić information content (AvgIpc) is 3.10. The van der Waals surface area contributed by atoms with Gasteiger partial charge in [-0.2, -0.15) is 10.5 Å². The van der Waals surface area contributed by atoms with Crippen molar-refractivity contribution in [2.24, 2.45) is 5.92 Å². The molecule has 2 unspecified atom stereocenters. The molecule has 1 aliphatic carbocycles. The van der Waals surface area contributed by atoms with Crippen molar-refractivity contribution >= 4 is 28.0 Å². The zero-order chi connectivity index (χ0) is 21.1. The number of thiol groups is 1. The highest BCUT2D eigenvalue weighted by atomic mass is 32.2. The van der Waals surface area contributed by atoms with Gasteiger partial charge in [0.05, 0.1) is 5.41 Å². The van der Waals surface area contributed by atoms with Crippen LogP contribution in [0.25, 0.3) is 11.1 Å². The van der Waals surface area contributed by atoms with Crippen LogP contribution in [-0.2, 0) is 5.41 Å². The van der Waals surface area contributed by atoms with Gasteiger partial charge in [0.15, 0.2) is 0 Å². The first-order chi connectivity index (χ1) is 14.7. The van der Waals surface area contributed by atoms with Crippen LogP contribution in [0.5, 0.6) is 0 Å². The van der Waals surface area contributed by atoms with E-state index in [0.29, 0.717) is 5.92 Å². The van der Waals surface area contributed by atoms with E-state index in [1.54, 1.807) is 0 Å². The third-order valence-corrected chi connectivity index (χ3v) is 8.60. The summed E-state index contributed by atoms with van der Waals surface area (Å²) in [6.45, 7) is 6.39. The second-order valence-corrected chi connectivity index (χ2v) is 10.1. The number of allylic oxidation sites excluding steroid dienone is 6. The van der Waals surface area contributed by atoms with Crippen LogP contribution in [0.15, 0.2) is 95.3 Å². The topological polar surface area (TPSA) is 0 Å². The predicted octanol–water partition coefficient (Wildman–Crippen LogP) is 7.91. The van der Waals surface area contributed by atoms with Crippen LogP contribution < -0.4 is 0 Å². The molecule has 0 radical (unpaired) electrons. The second kappa shape index (κ2) is 8.99. The van der Waals surface area contributed by atoms with Crippen molar-refractivity contribution in [1.29, 1.82) is 0 Å². The quantitative estimate of drug-likeness (QED) is 0.245. The zero-order valence-corrected chi connectivity index (χ0v) is 19.7. The summed E-state index contributed by atoms with van der Waals surface area (Å²) >= 11 is 4.70. The lowest BCUT2D eigenvalue weighted by atomic mass is 9.66. The number of hydrogen-bond acceptors (Lipinski definition) is 1. The minimum Gasteiger partial charge on any atom is -0.154 e. The van der Waals surface area contributed by atoms with Crippen LogP contribution in [0.3, 0.4) is 0 Å². The Morgan fingerprint density at radius 1 is 0.933 bits per heavy atom. The molecule has 0 aromatic heterocycles. The molecule has 3 aliphatic rings. The maximum absolute atomic E-state index is 4.70. The standard InChI is InChI=1S/C26H24S2.C2H6/c1-19-9-8-10-20(27)16-18-28-17-7-6-15-25(28)26(19)23-13-4-2-11-21(23)22-12-3-5-14-24(22)26;1-2/h2-9,11-17,19,27H,10,18H2,1H3;1-2H3/b9-8-,20-16+;. The molecule has 0 N–H and O–H groups in total. The SMILES string of the molecule is CC.CC1/C=C\C/C(S)=C\CS2=C(C=CC=C2)C12c1ccccc1-c1ccccc12. The fourth-order valence-electron chi connectivity index (χ4n) is 4.98. The lowest BCUT2D eigenvalue weighted by Crippen LogP contribution is -2.40. The van der Waals surface area contributed by atoms with E-state index in [4.69, 9.17) is 12.6 Å². The Labute approximate surface area is 189 Å². The summed E-state index contributed by atoms with van der Waals surface area (Å²) in [5.74, 6) is 1.39. The maximum Gasteiger partial charge on any atom is 0.0578 e. The molecule has 2 aliphatic heterocycles. The lowest BCUT2D eigenvalue weighted by molar-refractivity contribution is 0.549. The summed E-state index contributed by atoms with van der Waals surface area (Å²) in [7, 11) is 0.0551. The Morgan fingerprint density at radius 3 is 2.23 bits per heavy atom. The molecule has 1 spiro atoms. The molecule has 30 heavy (non-hydrogen) atoms. The Hall–Kier alpha value is -2.03. The lowest BCUT2D eigenvalue weighted by Gasteiger charge is -2.40. The molecule has 5 rings (SSSR count). The van der Waals surface area contributed by atoms with Crippen molar-refractivity contribution in [3.05, 3.63) is 106 Å². The third-order valence-electron chi connectivity index (χ3n) is 6.20. The molecule has 2 heterocycles. The summed E-state index contributed by atoms with van der Waals surface area (Å²) in [5.41, 5.74) is 5.57. The van der Waals surface area contributed by atoms with Crippen LogP contribution in [-0.4, -0.2) is 10.6 Å². The van der Waals surface area contributed by atoms with Gasteiger partial charge >= 0.3 is 0 Å². The average molecular weight is 431 g/mol. The van der Waals surface area contributed by atoms with Gasteiger partial charge in [0.1, 0.15) is 0 Å². The van der Waals surface area contributed by atoms with Crippen LogP contribution in [0, 0.1) is 5.92 Å². The molecular weight excluding hydrogens is 400 g/mol. The van der Waals surface area contributed by atoms with Crippen molar-refractivity contribution < 1.29 is 0 Å². The third kappa shape index (κ3) is 3.31. The molecular formula is C28H30S2. The van der Waals surface area contributed by atoms with Crippen molar-refractivity contribution in [2.45, 2.75) is 32.6 Å². The maximum atomic E-state index is 4.70. The van der Waals surface area contributed by atoms with Gasteiger partial charge in [-0.15, -0.1) is 12.6 Å². The van der Waals surface area contributed by atoms with Crippen LogP contribution in [0.4, 0.5) is 0 Å².